The van der Waals surface area contributed by atoms with Crippen LogP contribution in [-0.4, -0.2) is 39.0 Å². The van der Waals surface area contributed by atoms with Crippen molar-refractivity contribution >= 4 is 22.8 Å². The molecule has 2 heterocycles. The highest BCUT2D eigenvalue weighted by Crippen LogP contribution is 2.30. The number of nitrogens with zero attached hydrogens (tertiary/aromatic N) is 2. The van der Waals surface area contributed by atoms with Crippen LogP contribution in [0.2, 0.25) is 0 Å². The molecule has 3 rings (SSSR count). The van der Waals surface area contributed by atoms with E-state index < -0.39 is 25.0 Å². The Balaban J connectivity index is 2.16. The number of aryl methyl sites for hydroxylation is 1. The smallest absolute Gasteiger partial charge is 0.337 e. The van der Waals surface area contributed by atoms with Crippen molar-refractivity contribution in [2.24, 2.45) is 5.73 Å². The molecule has 0 saturated carbocycles. The summed E-state index contributed by atoms with van der Waals surface area (Å²) >= 11 is 0. The molecule has 0 fully saturated rings. The van der Waals surface area contributed by atoms with Gasteiger partial charge in [0, 0.05) is 23.0 Å². The summed E-state index contributed by atoms with van der Waals surface area (Å²) in [6.45, 7) is 2.82. The van der Waals surface area contributed by atoms with Crippen LogP contribution in [0.15, 0.2) is 24.3 Å². The van der Waals surface area contributed by atoms with Crippen LogP contribution in [0, 0.1) is 6.92 Å². The molecule has 1 aromatic carbocycles. The highest BCUT2D eigenvalue weighted by molar-refractivity contribution is 5.95. The van der Waals surface area contributed by atoms with E-state index in [0.29, 0.717) is 33.7 Å². The molecule has 27 heavy (non-hydrogen) atoms. The molecule has 7 nitrogen and oxygen atoms in total. The van der Waals surface area contributed by atoms with Crippen LogP contribution in [0.4, 0.5) is 14.6 Å². The molecule has 0 aliphatic rings. The lowest BCUT2D eigenvalue weighted by atomic mass is 10.1. The summed E-state index contributed by atoms with van der Waals surface area (Å²) in [5, 5.41) is 12.0. The van der Waals surface area contributed by atoms with Crippen molar-refractivity contribution in [3.63, 3.8) is 0 Å². The Labute approximate surface area is 153 Å². The number of para-hydroxylation sites is 1. The quantitative estimate of drug-likeness (QED) is 0.525. The lowest BCUT2D eigenvalue weighted by molar-refractivity contribution is 0.0695. The molecule has 0 aliphatic carbocycles. The van der Waals surface area contributed by atoms with Crippen molar-refractivity contribution in [1.82, 2.24) is 15.0 Å². The highest BCUT2D eigenvalue weighted by Gasteiger charge is 2.20. The average Bonchev–Trinajstić information content (AvgIpc) is 3.05. The molecule has 3 aromatic rings. The number of aromatic carboxylic acids is 1. The van der Waals surface area contributed by atoms with E-state index in [0.717, 1.165) is 0 Å². The molecule has 1 unspecified atom stereocenters. The van der Waals surface area contributed by atoms with E-state index in [9.17, 15) is 18.7 Å². The summed E-state index contributed by atoms with van der Waals surface area (Å²) in [7, 11) is 0. The number of hydrogen-bond acceptors (Lipinski definition) is 5. The maximum atomic E-state index is 12.5. The van der Waals surface area contributed by atoms with Gasteiger partial charge in [-0.25, -0.2) is 23.5 Å². The molecule has 9 heteroatoms. The number of aromatic amines is 1. The van der Waals surface area contributed by atoms with Gasteiger partial charge in [0.1, 0.15) is 11.3 Å². The Morgan fingerprint density at radius 3 is 2.70 bits per heavy atom. The first kappa shape index (κ1) is 18.7. The minimum atomic E-state index is -2.52. The second kappa shape index (κ2) is 7.28. The van der Waals surface area contributed by atoms with Crippen LogP contribution < -0.4 is 11.1 Å². The van der Waals surface area contributed by atoms with Crippen LogP contribution in [0.3, 0.4) is 0 Å². The van der Waals surface area contributed by atoms with Crippen molar-refractivity contribution in [3.05, 3.63) is 41.2 Å². The third-order valence-corrected chi connectivity index (χ3v) is 4.12. The van der Waals surface area contributed by atoms with Crippen LogP contribution in [0.5, 0.6) is 0 Å². The number of carbonyl (C=O) groups is 1. The molecular weight excluding hydrogens is 356 g/mol. The van der Waals surface area contributed by atoms with E-state index in [4.69, 9.17) is 5.73 Å². The van der Waals surface area contributed by atoms with E-state index in [1.165, 1.54) is 6.07 Å². The summed E-state index contributed by atoms with van der Waals surface area (Å²) in [6.07, 6.45) is -2.52. The van der Waals surface area contributed by atoms with Crippen LogP contribution in [-0.2, 0) is 0 Å². The predicted octanol–water partition coefficient (Wildman–Crippen LogP) is 3.33. The zero-order valence-corrected chi connectivity index (χ0v) is 14.8. The van der Waals surface area contributed by atoms with Crippen molar-refractivity contribution in [3.8, 4) is 11.3 Å². The molecule has 0 radical (unpaired) electrons. The summed E-state index contributed by atoms with van der Waals surface area (Å²) in [5.74, 6) is -0.834. The summed E-state index contributed by atoms with van der Waals surface area (Å²) < 4.78 is 25.1. The van der Waals surface area contributed by atoms with E-state index in [1.54, 1.807) is 32.0 Å². The van der Waals surface area contributed by atoms with Gasteiger partial charge in [0.15, 0.2) is 0 Å². The standard InChI is InChI=1S/C18H19F2N5O2/c1-8(21)15-11(18(26)27)6-13(24-15)10-4-3-5-12-16(10)25-17(9(2)23-12)22-7-14(19)20/h3-6,8,14,24H,7,21H2,1-2H3,(H,22,25)(H,26,27). The zero-order chi connectivity index (χ0) is 19.7. The van der Waals surface area contributed by atoms with Crippen molar-refractivity contribution in [2.75, 3.05) is 11.9 Å². The fourth-order valence-electron chi connectivity index (χ4n) is 2.88. The summed E-state index contributed by atoms with van der Waals surface area (Å²) in [4.78, 5) is 23.4. The molecule has 0 amide bonds. The fraction of sp³-hybridized carbons (Fsp3) is 0.278. The van der Waals surface area contributed by atoms with E-state index in [1.807, 2.05) is 0 Å². The number of nitrogens with one attached hydrogen (secondary N) is 2. The molecule has 5 N–H and O–H groups in total. The van der Waals surface area contributed by atoms with Gasteiger partial charge in [0.05, 0.1) is 23.3 Å². The number of carboxylic acids is 1. The molecule has 0 bridgehead atoms. The van der Waals surface area contributed by atoms with Gasteiger partial charge in [-0.2, -0.15) is 0 Å². The Morgan fingerprint density at radius 2 is 2.11 bits per heavy atom. The topological polar surface area (TPSA) is 117 Å². The number of aromatic nitrogens is 3. The second-order valence-corrected chi connectivity index (χ2v) is 6.21. The predicted molar refractivity (Wildman–Crippen MR) is 98.1 cm³/mol. The first-order valence-electron chi connectivity index (χ1n) is 8.29. The summed E-state index contributed by atoms with van der Waals surface area (Å²) in [5.41, 5.74) is 8.99. The Kier molecular flexibility index (Phi) is 5.04. The third kappa shape index (κ3) is 3.72. The number of benzene rings is 1. The van der Waals surface area contributed by atoms with Gasteiger partial charge in [-0.15, -0.1) is 0 Å². The van der Waals surface area contributed by atoms with E-state index in [-0.39, 0.29) is 11.4 Å². The van der Waals surface area contributed by atoms with Crippen molar-refractivity contribution in [1.29, 1.82) is 0 Å². The number of rotatable bonds is 6. The molecule has 142 valence electrons. The number of halogens is 2. The van der Waals surface area contributed by atoms with Gasteiger partial charge < -0.3 is 21.1 Å². The lowest BCUT2D eigenvalue weighted by Gasteiger charge is -2.11. The molecule has 0 saturated heterocycles. The Morgan fingerprint density at radius 1 is 1.37 bits per heavy atom. The maximum Gasteiger partial charge on any atom is 0.337 e. The van der Waals surface area contributed by atoms with Gasteiger partial charge in [0.25, 0.3) is 6.43 Å². The molecule has 0 aliphatic heterocycles. The van der Waals surface area contributed by atoms with Gasteiger partial charge >= 0.3 is 5.97 Å². The number of hydrogen-bond donors (Lipinski definition) is 4. The van der Waals surface area contributed by atoms with E-state index in [2.05, 4.69) is 20.3 Å². The Bertz CT molecular complexity index is 1000. The zero-order valence-electron chi connectivity index (χ0n) is 14.8. The monoisotopic (exact) mass is 375 g/mol. The minimum Gasteiger partial charge on any atom is -0.478 e. The number of fused-ring (bicyclic) bond motifs is 1. The molecule has 1 atom stereocenters. The van der Waals surface area contributed by atoms with Crippen molar-refractivity contribution < 1.29 is 18.7 Å². The van der Waals surface area contributed by atoms with Crippen molar-refractivity contribution in [2.45, 2.75) is 26.3 Å². The second-order valence-electron chi connectivity index (χ2n) is 6.21. The van der Waals surface area contributed by atoms with Gasteiger partial charge in [0.2, 0.25) is 0 Å². The SMILES string of the molecule is Cc1nc2cccc(-c3cc(C(=O)O)c(C(C)N)[nH]3)c2nc1NCC(F)F. The lowest BCUT2D eigenvalue weighted by Crippen LogP contribution is -2.13. The van der Waals surface area contributed by atoms with Gasteiger partial charge in [-0.1, -0.05) is 12.1 Å². The highest BCUT2D eigenvalue weighted by atomic mass is 19.3. The van der Waals surface area contributed by atoms with Gasteiger partial charge in [-0.05, 0) is 26.0 Å². The Hall–Kier alpha value is -3.07. The third-order valence-electron chi connectivity index (χ3n) is 4.12. The average molecular weight is 375 g/mol. The van der Waals surface area contributed by atoms with Gasteiger partial charge in [-0.3, -0.25) is 0 Å². The van der Waals surface area contributed by atoms with Crippen LogP contribution >= 0.6 is 0 Å². The maximum absolute atomic E-state index is 12.5. The number of nitrogens with two attached hydrogens (primary N) is 1. The molecule has 0 spiro atoms. The summed E-state index contributed by atoms with van der Waals surface area (Å²) in [6, 6.07) is 6.26. The fourth-order valence-corrected chi connectivity index (χ4v) is 2.88. The first-order chi connectivity index (χ1) is 12.8. The number of anilines is 1. The van der Waals surface area contributed by atoms with E-state index >= 15 is 0 Å². The normalized spacial score (nSPS) is 12.5. The molecular formula is C18H19F2N5O2. The number of alkyl halides is 2. The molecule has 2 aromatic heterocycles. The largest absolute Gasteiger partial charge is 0.478 e. The minimum absolute atomic E-state index is 0.0770. The van der Waals surface area contributed by atoms with Crippen LogP contribution in [0.1, 0.15) is 34.7 Å². The first-order valence-corrected chi connectivity index (χ1v) is 8.29. The number of H-pyrrole nitrogens is 1. The number of carboxylic acid groups (broad SMARTS) is 1. The van der Waals surface area contributed by atoms with Crippen LogP contribution in [0.25, 0.3) is 22.3 Å².